The maximum absolute atomic E-state index is 11.7. The Morgan fingerprint density at radius 2 is 0.803 bits per heavy atom. The molecule has 137 heavy (non-hydrogen) atoms. The third-order valence-electron chi connectivity index (χ3n) is 19.1. The average molecular weight is 2320 g/mol. The summed E-state index contributed by atoms with van der Waals surface area (Å²) in [5, 5.41) is 47.4. The summed E-state index contributed by atoms with van der Waals surface area (Å²) in [4.78, 5) is 102. The number of nitrogen functional groups attached to an aromatic ring is 1. The van der Waals surface area contributed by atoms with Crippen LogP contribution in [0.5, 0.6) is 0 Å². The normalized spacial score (nSPS) is 11.8. The number of anilines is 14. The lowest BCUT2D eigenvalue weighted by atomic mass is 10.1. The Morgan fingerprint density at radius 3 is 1.18 bits per heavy atom. The number of hydrogen-bond donors (Lipinski definition) is 12. The van der Waals surface area contributed by atoms with Crippen LogP contribution < -0.4 is 59.3 Å². The van der Waals surface area contributed by atoms with Gasteiger partial charge in [-0.1, -0.05) is 62.6 Å². The maximum atomic E-state index is 11.7. The molecule has 6 aromatic carbocycles. The van der Waals surface area contributed by atoms with Gasteiger partial charge in [0.05, 0.1) is 49.5 Å². The average Bonchev–Trinajstić information content (AvgIpc) is 1.15. The second-order valence-electron chi connectivity index (χ2n) is 29.4. The van der Waals surface area contributed by atoms with Gasteiger partial charge in [-0.25, -0.2) is 44.3 Å². The molecule has 43 heteroatoms. The zero-order chi connectivity index (χ0) is 98.2. The number of nitrogens with zero attached hydrogens (tertiary/aromatic N) is 13. The summed E-state index contributed by atoms with van der Waals surface area (Å²) in [6.45, 7) is 19.8. The van der Waals surface area contributed by atoms with Crippen LogP contribution in [0.25, 0.3) is 0 Å². The van der Waals surface area contributed by atoms with Crippen molar-refractivity contribution in [2.75, 3.05) is 169 Å². The van der Waals surface area contributed by atoms with Crippen molar-refractivity contribution >= 4 is 231 Å². The zero-order valence-corrected chi connectivity index (χ0v) is 88.4. The number of likely N-dealkylation sites (tertiary alicyclic amines) is 2. The highest BCUT2D eigenvalue weighted by molar-refractivity contribution is 9.11. The molecule has 0 bridgehead atoms. The highest BCUT2D eigenvalue weighted by Gasteiger charge is 2.19. The van der Waals surface area contributed by atoms with Gasteiger partial charge >= 0.3 is 17.9 Å². The first-order valence-electron chi connectivity index (χ1n) is 42.4. The number of hydrogen-bond acceptors (Lipinski definition) is 34. The Labute approximate surface area is 863 Å². The van der Waals surface area contributed by atoms with Crippen LogP contribution in [0.3, 0.4) is 0 Å². The molecule has 0 aliphatic carbocycles. The number of nitro benzene ring substituents is 1. The number of aliphatic hydroxyl groups excluding tert-OH is 1. The predicted molar refractivity (Wildman–Crippen MR) is 575 cm³/mol. The number of aromatic nitrogens is 10. The van der Waals surface area contributed by atoms with Crippen molar-refractivity contribution in [1.29, 1.82) is 0 Å². The molecule has 0 spiro atoms. The number of methoxy groups -OCH3 is 3. The van der Waals surface area contributed by atoms with Crippen molar-refractivity contribution in [2.24, 2.45) is 5.73 Å². The van der Waals surface area contributed by atoms with E-state index in [4.69, 9.17) is 32.5 Å². The minimum absolute atomic E-state index is 0. The molecular weight excluding hydrogens is 2190 g/mol. The van der Waals surface area contributed by atoms with Crippen LogP contribution in [-0.2, 0) is 32.0 Å². The fraction of sp³-hybridized carbons (Fsp3) is 0.362. The number of rotatable bonds is 26. The highest BCUT2D eigenvalue weighted by Crippen LogP contribution is 2.31. The van der Waals surface area contributed by atoms with E-state index in [2.05, 4.69) is 231 Å². The maximum Gasteiger partial charge on any atom is 0.339 e. The van der Waals surface area contributed by atoms with Crippen molar-refractivity contribution < 1.29 is 48.2 Å². The number of carbonyl (C=O) groups excluding carboxylic acids is 4. The van der Waals surface area contributed by atoms with Crippen LogP contribution in [0.4, 0.5) is 87.0 Å². The third-order valence-corrected chi connectivity index (χ3v) is 23.6. The summed E-state index contributed by atoms with van der Waals surface area (Å²) in [6, 6.07) is 40.8. The number of ether oxygens (including phenoxy) is 4. The minimum atomic E-state index is -0.611. The van der Waals surface area contributed by atoms with Crippen LogP contribution in [0.2, 0.25) is 5.28 Å². The fourth-order valence-corrected chi connectivity index (χ4v) is 15.1. The van der Waals surface area contributed by atoms with Gasteiger partial charge in [-0.15, -0.1) is 12.4 Å². The van der Waals surface area contributed by atoms with Crippen molar-refractivity contribution in [3.8, 4) is 0 Å². The van der Waals surface area contributed by atoms with Crippen molar-refractivity contribution in [1.82, 2.24) is 59.6 Å². The number of carbonyl (C=O) groups is 4. The van der Waals surface area contributed by atoms with Crippen molar-refractivity contribution in [3.63, 3.8) is 0 Å². The Bertz CT molecular complexity index is 5600. The minimum Gasteiger partial charge on any atom is -0.465 e. The van der Waals surface area contributed by atoms with Crippen LogP contribution in [0, 0.1) is 44.7 Å². The summed E-state index contributed by atoms with van der Waals surface area (Å²) in [5.41, 5.74) is 22.7. The molecule has 35 nitrogen and oxygen atoms in total. The summed E-state index contributed by atoms with van der Waals surface area (Å²) < 4.78 is 23.3. The third kappa shape index (κ3) is 44.0. The second kappa shape index (κ2) is 65.3. The molecule has 0 unspecified atom stereocenters. The number of aldehydes is 1. The van der Waals surface area contributed by atoms with Crippen LogP contribution in [0.15, 0.2) is 166 Å². The summed E-state index contributed by atoms with van der Waals surface area (Å²) in [5.74, 6) is 4.46. The van der Waals surface area contributed by atoms with E-state index in [-0.39, 0.29) is 50.4 Å². The Kier molecular flexibility index (Phi) is 57.5. The predicted octanol–water partition coefficient (Wildman–Crippen LogP) is 21.8. The van der Waals surface area contributed by atoms with E-state index < -0.39 is 22.8 Å². The molecule has 0 saturated carbocycles. The number of non-ortho nitro benzene ring substituents is 1. The monoisotopic (exact) mass is 2310 g/mol. The first-order valence-corrected chi connectivity index (χ1v) is 47.5. The number of halogens is 8. The van der Waals surface area contributed by atoms with Crippen molar-refractivity contribution in [3.05, 3.63) is 244 Å². The van der Waals surface area contributed by atoms with E-state index in [0.29, 0.717) is 65.3 Å². The number of nitro groups is 1. The van der Waals surface area contributed by atoms with E-state index >= 15 is 0 Å². The van der Waals surface area contributed by atoms with E-state index in [1.165, 1.54) is 128 Å². The smallest absolute Gasteiger partial charge is 0.339 e. The molecule has 0 radical (unpaired) electrons. The van der Waals surface area contributed by atoms with Gasteiger partial charge in [0.2, 0.25) is 29.1 Å². The lowest BCUT2D eigenvalue weighted by Gasteiger charge is -2.14. The number of esters is 3. The molecule has 3 aliphatic rings. The number of aryl methyl sites for hydroxylation is 6. The van der Waals surface area contributed by atoms with Gasteiger partial charge in [-0.05, 0) is 293 Å². The molecular formula is C94H124Br6Cl2N24O11. The van der Waals surface area contributed by atoms with Crippen LogP contribution in [-0.4, -0.2) is 209 Å². The summed E-state index contributed by atoms with van der Waals surface area (Å²) in [7, 11) is 13.0. The first-order chi connectivity index (χ1) is 64.3. The van der Waals surface area contributed by atoms with Gasteiger partial charge in [-0.3, -0.25) is 14.9 Å². The highest BCUT2D eigenvalue weighted by atomic mass is 79.9. The molecule has 3 fully saturated rings. The lowest BCUT2D eigenvalue weighted by Crippen LogP contribution is -2.26. The molecule has 14 rings (SSSR count). The molecule has 3 aliphatic heterocycles. The van der Waals surface area contributed by atoms with Gasteiger partial charge in [0.25, 0.3) is 5.69 Å². The SMILES string of the molecule is C.C.C1CCOC1.CNc1cc(C)nc(Cl)n1.CNc1cc(C)nc(Nc2ccc(Br)c(C(=O)OC)c2)n1.CNc1cc(C)nc(Nc2ccc(Br)c(C=O)c2)n1.CNc1cc(C)nc(Nc2ccc(Br)c(CCCCN3CCCC3)c2)n1.CNc1cc(C)nc(Nc2ccc(Br)c(CO)c2)n1.COC(=O)c1cc(N)ccc1Br.COC(=O)c1cc([N+](=O)[O-])ccc1Br.Cl.NCCN1CCCC1. The topological polar surface area (TPSA) is 464 Å². The molecule has 8 heterocycles. The van der Waals surface area contributed by atoms with E-state index in [1.54, 1.807) is 63.6 Å². The van der Waals surface area contributed by atoms with Gasteiger partial charge in [0.1, 0.15) is 29.1 Å². The Morgan fingerprint density at radius 1 is 0.460 bits per heavy atom. The lowest BCUT2D eigenvalue weighted by molar-refractivity contribution is -0.384. The molecule has 14 N–H and O–H groups in total. The first kappa shape index (κ1) is 121. The number of aliphatic hydroxyl groups is 1. The molecule has 3 saturated heterocycles. The molecule has 5 aromatic heterocycles. The molecule has 0 amide bonds. The van der Waals surface area contributed by atoms with Gasteiger partial charge < -0.3 is 93.2 Å². The largest absolute Gasteiger partial charge is 0.465 e. The molecule has 11 aromatic rings. The van der Waals surface area contributed by atoms with E-state index in [1.807, 2.05) is 109 Å². The second-order valence-corrected chi connectivity index (χ2v) is 34.9. The quantitative estimate of drug-likeness (QED) is 0.00350. The number of benzene rings is 6. The van der Waals surface area contributed by atoms with Crippen LogP contribution in [0.1, 0.15) is 147 Å². The van der Waals surface area contributed by atoms with E-state index in [9.17, 15) is 34.4 Å². The van der Waals surface area contributed by atoms with Crippen molar-refractivity contribution in [2.45, 2.75) is 114 Å². The molecule has 0 atom stereocenters. The Balaban J connectivity index is 0.000000406. The van der Waals surface area contributed by atoms with E-state index in [0.717, 1.165) is 134 Å². The number of unbranched alkanes of at least 4 members (excludes halogenated alkanes) is 1. The van der Waals surface area contributed by atoms with Gasteiger partial charge in [-0.2, -0.15) is 19.9 Å². The Hall–Kier alpha value is -10.5. The van der Waals surface area contributed by atoms with Gasteiger partial charge in [0, 0.05) is 193 Å². The summed E-state index contributed by atoms with van der Waals surface area (Å²) >= 11 is 25.6. The summed E-state index contributed by atoms with van der Waals surface area (Å²) in [6.07, 6.45) is 12.4. The number of nitrogens with one attached hydrogen (secondary N) is 9. The van der Waals surface area contributed by atoms with Gasteiger partial charge in [0.15, 0.2) is 6.29 Å². The molecule has 742 valence electrons. The fourth-order valence-electron chi connectivity index (χ4n) is 12.4. The zero-order valence-electron chi connectivity index (χ0n) is 77.3. The number of nitrogens with two attached hydrogens (primary N) is 2. The standard InChI is InChI=1S/C20H28BrN5.C14H15BrN4O2.C13H15BrN4O.C13H13BrN4O.C8H6BrNO4.C8H8BrNO2.C6H8ClN3.C6H14N2.C4H8O.2CH4.ClH/c1-15-13-19(22-2)25-20(23-15)24-17-8-9-18(21)16(14-17)7-3-4-10-26-11-5-6-12-26;1-8-6-12(16-2)19-14(17-8)18-9-4-5-11(15)10(7-9)13(20)21-3;2*1-8-5-12(15-2)18-13(16-8)17-10-3-4-11(14)9(6-10)7-19;1-14-8(11)6-4-5(10(12)13)2-3-7(6)9;1-12-8(11)6-4-5(10)2-3-7(6)9;1-4-3-5(8-2)10-6(7)9-4;7-3-6-8-4-1-2-5-8;1-2-4-5-3-1;;;/h8-9,13-14H,3-7,10-12H2,1-2H3,(H2,22,23,24,25);4-7H,1-3H3,(H2,16,17,18,19);3-6,19H,7H2,1-2H3,(H2,15,16,17,18);3-7H,1-2H3,(H2,15,16,17,18);2-4H,1H3;2-4H,10H2,1H3;3H,1-2H3,(H,8,9,10);1-7H2;1-4H2;2*1H4;1H. The van der Waals surface area contributed by atoms with Crippen LogP contribution >= 0.6 is 120 Å².